The van der Waals surface area contributed by atoms with Crippen molar-refractivity contribution in [3.05, 3.63) is 11.1 Å². The predicted octanol–water partition coefficient (Wildman–Crippen LogP) is 3.27. The van der Waals surface area contributed by atoms with Crippen molar-refractivity contribution in [1.82, 2.24) is 4.98 Å². The third-order valence-corrected chi connectivity index (χ3v) is 2.85. The molecule has 1 N–H and O–H groups in total. The predicted molar refractivity (Wildman–Crippen MR) is 59.9 cm³/mol. The van der Waals surface area contributed by atoms with Crippen LogP contribution in [0.25, 0.3) is 0 Å². The summed E-state index contributed by atoms with van der Waals surface area (Å²) in [5, 5.41) is 6.38. The highest BCUT2D eigenvalue weighted by Crippen LogP contribution is 2.21. The maximum atomic E-state index is 5.70. The van der Waals surface area contributed by atoms with Gasteiger partial charge in [0.05, 0.1) is 5.69 Å². The van der Waals surface area contributed by atoms with E-state index in [-0.39, 0.29) is 5.54 Å². The molecule has 0 aromatic carbocycles. The normalized spacial score (nSPS) is 11.7. The van der Waals surface area contributed by atoms with Gasteiger partial charge in [-0.05, 0) is 27.2 Å². The molecule has 0 fully saturated rings. The molecule has 0 aliphatic rings. The smallest absolute Gasteiger partial charge is 0.183 e. The lowest BCUT2D eigenvalue weighted by Gasteiger charge is -2.24. The van der Waals surface area contributed by atoms with Gasteiger partial charge in [0.1, 0.15) is 0 Å². The molecule has 74 valence electrons. The van der Waals surface area contributed by atoms with Gasteiger partial charge in [0, 0.05) is 16.8 Å². The standard InChI is InChI=1S/C9H15ClN2S/c1-7-6-13-8(11-7)12-9(2,3)4-5-10/h6H,4-5H2,1-3H3,(H,11,12). The van der Waals surface area contributed by atoms with Crippen molar-refractivity contribution in [2.75, 3.05) is 11.2 Å². The Morgan fingerprint density at radius 2 is 2.31 bits per heavy atom. The maximum Gasteiger partial charge on any atom is 0.183 e. The average molecular weight is 219 g/mol. The zero-order valence-corrected chi connectivity index (χ0v) is 9.80. The molecule has 0 saturated carbocycles. The Morgan fingerprint density at radius 3 is 2.77 bits per heavy atom. The molecule has 0 atom stereocenters. The molecule has 1 aromatic heterocycles. The van der Waals surface area contributed by atoms with Crippen molar-refractivity contribution in [3.63, 3.8) is 0 Å². The van der Waals surface area contributed by atoms with Crippen LogP contribution in [0.3, 0.4) is 0 Å². The van der Waals surface area contributed by atoms with Crippen LogP contribution < -0.4 is 5.32 Å². The molecule has 1 heterocycles. The molecule has 0 spiro atoms. The van der Waals surface area contributed by atoms with E-state index in [4.69, 9.17) is 11.6 Å². The Morgan fingerprint density at radius 1 is 1.62 bits per heavy atom. The fraction of sp³-hybridized carbons (Fsp3) is 0.667. The molecule has 4 heteroatoms. The van der Waals surface area contributed by atoms with E-state index in [0.29, 0.717) is 5.88 Å². The molecular weight excluding hydrogens is 204 g/mol. The van der Waals surface area contributed by atoms with E-state index >= 15 is 0 Å². The summed E-state index contributed by atoms with van der Waals surface area (Å²) in [7, 11) is 0. The number of halogens is 1. The molecule has 0 saturated heterocycles. The number of hydrogen-bond donors (Lipinski definition) is 1. The molecule has 1 aromatic rings. The van der Waals surface area contributed by atoms with Crippen molar-refractivity contribution >= 4 is 28.1 Å². The van der Waals surface area contributed by atoms with Crippen molar-refractivity contribution < 1.29 is 0 Å². The second-order valence-corrected chi connectivity index (χ2v) is 4.98. The van der Waals surface area contributed by atoms with Crippen LogP contribution in [-0.2, 0) is 0 Å². The van der Waals surface area contributed by atoms with Gasteiger partial charge in [-0.25, -0.2) is 4.98 Å². The third kappa shape index (κ3) is 3.53. The number of thiazole rings is 1. The molecule has 0 aliphatic carbocycles. The Hall–Kier alpha value is -0.280. The van der Waals surface area contributed by atoms with Crippen LogP contribution in [0.1, 0.15) is 26.0 Å². The lowest BCUT2D eigenvalue weighted by molar-refractivity contribution is 0.550. The highest BCUT2D eigenvalue weighted by atomic mass is 35.5. The third-order valence-electron chi connectivity index (χ3n) is 1.78. The number of nitrogens with one attached hydrogen (secondary N) is 1. The van der Waals surface area contributed by atoms with Crippen molar-refractivity contribution in [3.8, 4) is 0 Å². The summed E-state index contributed by atoms with van der Waals surface area (Å²) >= 11 is 7.34. The van der Waals surface area contributed by atoms with Gasteiger partial charge in [-0.15, -0.1) is 22.9 Å². The van der Waals surface area contributed by atoms with E-state index in [1.165, 1.54) is 0 Å². The Labute approximate surface area is 88.3 Å². The minimum absolute atomic E-state index is 0.0338. The number of anilines is 1. The summed E-state index contributed by atoms with van der Waals surface area (Å²) < 4.78 is 0. The van der Waals surface area contributed by atoms with Gasteiger partial charge in [0.15, 0.2) is 5.13 Å². The van der Waals surface area contributed by atoms with Crippen molar-refractivity contribution in [2.45, 2.75) is 32.7 Å². The average Bonchev–Trinajstić information content (AvgIpc) is 2.34. The first-order valence-corrected chi connectivity index (χ1v) is 5.71. The summed E-state index contributed by atoms with van der Waals surface area (Å²) in [6.07, 6.45) is 0.938. The van der Waals surface area contributed by atoms with E-state index in [1.54, 1.807) is 11.3 Å². The SMILES string of the molecule is Cc1csc(NC(C)(C)CCCl)n1. The van der Waals surface area contributed by atoms with Crippen LogP contribution in [0.5, 0.6) is 0 Å². The summed E-state index contributed by atoms with van der Waals surface area (Å²) in [4.78, 5) is 4.34. The van der Waals surface area contributed by atoms with Crippen molar-refractivity contribution in [1.29, 1.82) is 0 Å². The Kier molecular flexibility index (Phi) is 3.56. The van der Waals surface area contributed by atoms with E-state index < -0.39 is 0 Å². The lowest BCUT2D eigenvalue weighted by atomic mass is 10.0. The van der Waals surface area contributed by atoms with Crippen LogP contribution in [0.15, 0.2) is 5.38 Å². The first-order chi connectivity index (χ1) is 6.03. The van der Waals surface area contributed by atoms with E-state index in [0.717, 1.165) is 17.2 Å². The quantitative estimate of drug-likeness (QED) is 0.785. The highest BCUT2D eigenvalue weighted by molar-refractivity contribution is 7.13. The Bertz CT molecular complexity index is 270. The maximum absolute atomic E-state index is 5.70. The van der Waals surface area contributed by atoms with Crippen LogP contribution in [0.2, 0.25) is 0 Å². The molecule has 0 bridgehead atoms. The first-order valence-electron chi connectivity index (χ1n) is 4.30. The van der Waals surface area contributed by atoms with Gasteiger partial charge >= 0.3 is 0 Å². The molecule has 1 rings (SSSR count). The van der Waals surface area contributed by atoms with Gasteiger partial charge in [-0.1, -0.05) is 0 Å². The molecule has 2 nitrogen and oxygen atoms in total. The first kappa shape index (κ1) is 10.8. The van der Waals surface area contributed by atoms with Gasteiger partial charge in [-0.3, -0.25) is 0 Å². The number of aryl methyl sites for hydroxylation is 1. The fourth-order valence-corrected chi connectivity index (χ4v) is 2.34. The largest absolute Gasteiger partial charge is 0.357 e. The van der Waals surface area contributed by atoms with Crippen LogP contribution in [-0.4, -0.2) is 16.4 Å². The van der Waals surface area contributed by atoms with Gasteiger partial charge < -0.3 is 5.32 Å². The Balaban J connectivity index is 2.57. The van der Waals surface area contributed by atoms with Crippen LogP contribution in [0, 0.1) is 6.92 Å². The molecule has 0 amide bonds. The number of alkyl halides is 1. The number of aromatic nitrogens is 1. The van der Waals surface area contributed by atoms with E-state index in [9.17, 15) is 0 Å². The molecule has 0 radical (unpaired) electrons. The monoisotopic (exact) mass is 218 g/mol. The molecule has 0 unspecified atom stereocenters. The van der Waals surface area contributed by atoms with Gasteiger partial charge in [0.2, 0.25) is 0 Å². The zero-order valence-electron chi connectivity index (χ0n) is 8.22. The number of hydrogen-bond acceptors (Lipinski definition) is 3. The number of nitrogens with zero attached hydrogens (tertiary/aromatic N) is 1. The minimum atomic E-state index is 0.0338. The second-order valence-electron chi connectivity index (χ2n) is 3.74. The highest BCUT2D eigenvalue weighted by Gasteiger charge is 2.17. The fourth-order valence-electron chi connectivity index (χ4n) is 1.000. The summed E-state index contributed by atoms with van der Waals surface area (Å²) in [6, 6.07) is 0. The molecule has 0 aliphatic heterocycles. The summed E-state index contributed by atoms with van der Waals surface area (Å²) in [6.45, 7) is 6.26. The lowest BCUT2D eigenvalue weighted by Crippen LogP contribution is -2.31. The van der Waals surface area contributed by atoms with E-state index in [1.807, 2.05) is 12.3 Å². The van der Waals surface area contributed by atoms with Crippen LogP contribution in [0.4, 0.5) is 5.13 Å². The minimum Gasteiger partial charge on any atom is -0.357 e. The second kappa shape index (κ2) is 4.29. The van der Waals surface area contributed by atoms with E-state index in [2.05, 4.69) is 24.1 Å². The summed E-state index contributed by atoms with van der Waals surface area (Å²) in [5.74, 6) is 0.671. The molecular formula is C9H15ClN2S. The van der Waals surface area contributed by atoms with Gasteiger partial charge in [-0.2, -0.15) is 0 Å². The molecule has 13 heavy (non-hydrogen) atoms. The zero-order chi connectivity index (χ0) is 9.90. The van der Waals surface area contributed by atoms with Crippen molar-refractivity contribution in [2.24, 2.45) is 0 Å². The number of rotatable bonds is 4. The van der Waals surface area contributed by atoms with Gasteiger partial charge in [0.25, 0.3) is 0 Å². The topological polar surface area (TPSA) is 24.9 Å². The summed E-state index contributed by atoms with van der Waals surface area (Å²) in [5.41, 5.74) is 1.10. The van der Waals surface area contributed by atoms with Crippen LogP contribution >= 0.6 is 22.9 Å².